The Balaban J connectivity index is 3.65. The van der Waals surface area contributed by atoms with Gasteiger partial charge in [-0.1, -0.05) is 6.92 Å². The molecule has 0 radical (unpaired) electrons. The maximum Gasteiger partial charge on any atom is 0.0656 e. The fraction of sp³-hybridized carbons (Fsp3) is 0.714. The molecule has 9 heavy (non-hydrogen) atoms. The van der Waals surface area contributed by atoms with Gasteiger partial charge in [-0.3, -0.25) is 0 Å². The van der Waals surface area contributed by atoms with E-state index in [-0.39, 0.29) is 11.8 Å². The minimum Gasteiger partial charge on any atom is -0.198 e. The maximum absolute atomic E-state index is 8.37. The Kier molecular flexibility index (Phi) is 3.48. The number of hydrogen-bond donors (Lipinski definition) is 0. The number of rotatable bonds is 2. The average molecular weight is 122 g/mol. The minimum atomic E-state index is 0.00431. The van der Waals surface area contributed by atoms with Crippen LogP contribution in [-0.2, 0) is 0 Å². The van der Waals surface area contributed by atoms with Gasteiger partial charge >= 0.3 is 0 Å². The first-order valence-electron chi connectivity index (χ1n) is 2.99. The van der Waals surface area contributed by atoms with E-state index in [0.29, 0.717) is 6.42 Å². The molecule has 0 aromatic heterocycles. The summed E-state index contributed by atoms with van der Waals surface area (Å²) in [5, 5.41) is 16.6. The van der Waals surface area contributed by atoms with Gasteiger partial charge in [-0.25, -0.2) is 0 Å². The lowest BCUT2D eigenvalue weighted by Gasteiger charge is -2.06. The predicted molar refractivity (Wildman–Crippen MR) is 34.2 cm³/mol. The molecule has 0 aliphatic rings. The standard InChI is InChI=1S/C7H10N2/c1-6(3-4-8)7(2)5-9/h6-7H,3H2,1-2H3. The van der Waals surface area contributed by atoms with Crippen molar-refractivity contribution < 1.29 is 0 Å². The summed E-state index contributed by atoms with van der Waals surface area (Å²) in [6.45, 7) is 3.75. The first kappa shape index (κ1) is 7.98. The van der Waals surface area contributed by atoms with E-state index >= 15 is 0 Å². The summed E-state index contributed by atoms with van der Waals surface area (Å²) >= 11 is 0. The van der Waals surface area contributed by atoms with Crippen molar-refractivity contribution in [2.24, 2.45) is 11.8 Å². The van der Waals surface area contributed by atoms with Crippen molar-refractivity contribution in [3.05, 3.63) is 0 Å². The van der Waals surface area contributed by atoms with Crippen LogP contribution in [0.1, 0.15) is 20.3 Å². The summed E-state index contributed by atoms with van der Waals surface area (Å²) in [5.41, 5.74) is 0. The van der Waals surface area contributed by atoms with Crippen LogP contribution in [-0.4, -0.2) is 0 Å². The Morgan fingerprint density at radius 3 is 2.22 bits per heavy atom. The van der Waals surface area contributed by atoms with E-state index in [1.165, 1.54) is 0 Å². The second kappa shape index (κ2) is 3.92. The maximum atomic E-state index is 8.37. The lowest BCUT2D eigenvalue weighted by atomic mass is 9.95. The van der Waals surface area contributed by atoms with E-state index in [1.807, 2.05) is 19.9 Å². The van der Waals surface area contributed by atoms with Crippen LogP contribution in [0.25, 0.3) is 0 Å². The molecule has 2 heteroatoms. The van der Waals surface area contributed by atoms with Crippen LogP contribution >= 0.6 is 0 Å². The molecule has 0 bridgehead atoms. The van der Waals surface area contributed by atoms with Gasteiger partial charge in [-0.05, 0) is 12.8 Å². The molecule has 2 nitrogen and oxygen atoms in total. The van der Waals surface area contributed by atoms with Crippen LogP contribution in [0.3, 0.4) is 0 Å². The van der Waals surface area contributed by atoms with E-state index in [2.05, 4.69) is 6.07 Å². The highest BCUT2D eigenvalue weighted by Gasteiger charge is 2.09. The van der Waals surface area contributed by atoms with Crippen LogP contribution in [0.4, 0.5) is 0 Å². The van der Waals surface area contributed by atoms with Gasteiger partial charge in [0.2, 0.25) is 0 Å². The molecule has 0 rings (SSSR count). The Hall–Kier alpha value is -1.02. The normalized spacial score (nSPS) is 15.1. The third-order valence-corrected chi connectivity index (χ3v) is 1.47. The highest BCUT2D eigenvalue weighted by atomic mass is 14.3. The van der Waals surface area contributed by atoms with Crippen LogP contribution in [0.15, 0.2) is 0 Å². The molecule has 0 N–H and O–H groups in total. The lowest BCUT2D eigenvalue weighted by molar-refractivity contribution is 0.479. The van der Waals surface area contributed by atoms with Crippen LogP contribution in [0.2, 0.25) is 0 Å². The fourth-order valence-corrected chi connectivity index (χ4v) is 0.448. The number of hydrogen-bond acceptors (Lipinski definition) is 2. The molecule has 0 saturated heterocycles. The molecule has 0 aromatic rings. The zero-order chi connectivity index (χ0) is 7.28. The molecule has 2 atom stereocenters. The summed E-state index contributed by atoms with van der Waals surface area (Å²) < 4.78 is 0. The van der Waals surface area contributed by atoms with E-state index in [0.717, 1.165) is 0 Å². The van der Waals surface area contributed by atoms with Gasteiger partial charge in [0.05, 0.1) is 12.1 Å². The Morgan fingerprint density at radius 2 is 1.89 bits per heavy atom. The van der Waals surface area contributed by atoms with Gasteiger partial charge in [0.15, 0.2) is 0 Å². The van der Waals surface area contributed by atoms with Crippen molar-refractivity contribution >= 4 is 0 Å². The van der Waals surface area contributed by atoms with Gasteiger partial charge in [-0.15, -0.1) is 0 Å². The third kappa shape index (κ3) is 2.72. The lowest BCUT2D eigenvalue weighted by Crippen LogP contribution is -2.03. The predicted octanol–water partition coefficient (Wildman–Crippen LogP) is 1.70. The highest BCUT2D eigenvalue weighted by Crippen LogP contribution is 2.12. The monoisotopic (exact) mass is 122 g/mol. The first-order chi connectivity index (χ1) is 4.22. The highest BCUT2D eigenvalue weighted by molar-refractivity contribution is 4.87. The van der Waals surface area contributed by atoms with Crippen LogP contribution < -0.4 is 0 Å². The summed E-state index contributed by atoms with van der Waals surface area (Å²) in [6.07, 6.45) is 0.481. The van der Waals surface area contributed by atoms with Gasteiger partial charge in [0, 0.05) is 12.3 Å². The SMILES string of the molecule is CC(C#N)C(C)CC#N. The van der Waals surface area contributed by atoms with Crippen molar-refractivity contribution in [1.29, 1.82) is 10.5 Å². The average Bonchev–Trinajstić information content (AvgIpc) is 1.87. The number of nitrogens with zero attached hydrogens (tertiary/aromatic N) is 2. The Morgan fingerprint density at radius 1 is 1.33 bits per heavy atom. The van der Waals surface area contributed by atoms with Crippen LogP contribution in [0, 0.1) is 34.5 Å². The quantitative estimate of drug-likeness (QED) is 0.559. The molecule has 0 aliphatic carbocycles. The van der Waals surface area contributed by atoms with E-state index < -0.39 is 0 Å². The molecule has 0 fully saturated rings. The molecule has 48 valence electrons. The Bertz CT molecular complexity index is 149. The molecule has 0 aliphatic heterocycles. The van der Waals surface area contributed by atoms with Gasteiger partial charge in [-0.2, -0.15) is 10.5 Å². The van der Waals surface area contributed by atoms with Gasteiger partial charge in [0.1, 0.15) is 0 Å². The third-order valence-electron chi connectivity index (χ3n) is 1.47. The fourth-order valence-electron chi connectivity index (χ4n) is 0.448. The zero-order valence-electron chi connectivity index (χ0n) is 5.76. The molecule has 0 amide bonds. The summed E-state index contributed by atoms with van der Waals surface area (Å²) in [6, 6.07) is 4.13. The van der Waals surface area contributed by atoms with Crippen molar-refractivity contribution in [3.8, 4) is 12.1 Å². The van der Waals surface area contributed by atoms with Crippen LogP contribution in [0.5, 0.6) is 0 Å². The topological polar surface area (TPSA) is 47.6 Å². The van der Waals surface area contributed by atoms with Crippen molar-refractivity contribution in [2.75, 3.05) is 0 Å². The van der Waals surface area contributed by atoms with Gasteiger partial charge in [0.25, 0.3) is 0 Å². The summed E-state index contributed by atoms with van der Waals surface area (Å²) in [5.74, 6) is 0.213. The van der Waals surface area contributed by atoms with Crippen molar-refractivity contribution in [2.45, 2.75) is 20.3 Å². The molecule has 0 spiro atoms. The summed E-state index contributed by atoms with van der Waals surface area (Å²) in [4.78, 5) is 0. The van der Waals surface area contributed by atoms with Gasteiger partial charge < -0.3 is 0 Å². The number of nitriles is 2. The molecular weight excluding hydrogens is 112 g/mol. The zero-order valence-corrected chi connectivity index (χ0v) is 5.76. The smallest absolute Gasteiger partial charge is 0.0656 e. The molecule has 0 aromatic carbocycles. The minimum absolute atomic E-state index is 0.00431. The van der Waals surface area contributed by atoms with E-state index in [4.69, 9.17) is 10.5 Å². The second-order valence-electron chi connectivity index (χ2n) is 2.26. The molecule has 0 heterocycles. The largest absolute Gasteiger partial charge is 0.198 e. The molecule has 2 unspecified atom stereocenters. The second-order valence-corrected chi connectivity index (χ2v) is 2.26. The first-order valence-corrected chi connectivity index (χ1v) is 2.99. The molecule has 0 saturated carbocycles. The van der Waals surface area contributed by atoms with E-state index in [9.17, 15) is 0 Å². The summed E-state index contributed by atoms with van der Waals surface area (Å²) in [7, 11) is 0. The molecular formula is C7H10N2. The van der Waals surface area contributed by atoms with Crippen molar-refractivity contribution in [3.63, 3.8) is 0 Å². The van der Waals surface area contributed by atoms with Crippen molar-refractivity contribution in [1.82, 2.24) is 0 Å². The Labute approximate surface area is 55.7 Å². The van der Waals surface area contributed by atoms with E-state index in [1.54, 1.807) is 0 Å².